The van der Waals surface area contributed by atoms with Crippen molar-refractivity contribution in [1.29, 1.82) is 0 Å². The second kappa shape index (κ2) is 4.21. The van der Waals surface area contributed by atoms with Crippen molar-refractivity contribution in [2.24, 2.45) is 17.3 Å². The predicted octanol–water partition coefficient (Wildman–Crippen LogP) is 4.71. The van der Waals surface area contributed by atoms with Gasteiger partial charge in [0, 0.05) is 4.87 Å². The Morgan fingerprint density at radius 3 is 1.62 bits per heavy atom. The minimum atomic E-state index is -0.0566. The van der Waals surface area contributed by atoms with Crippen LogP contribution in [-0.4, -0.2) is 4.87 Å². The zero-order valence-corrected chi connectivity index (χ0v) is 11.0. The molecule has 0 spiro atoms. The van der Waals surface area contributed by atoms with Gasteiger partial charge in [-0.3, -0.25) is 0 Å². The van der Waals surface area contributed by atoms with Crippen LogP contribution in [0.1, 0.15) is 54.9 Å². The molecule has 0 amide bonds. The molecule has 0 nitrogen and oxygen atoms in total. The van der Waals surface area contributed by atoms with Crippen molar-refractivity contribution in [2.45, 2.75) is 59.8 Å². The van der Waals surface area contributed by atoms with Gasteiger partial charge in [0.15, 0.2) is 0 Å². The van der Waals surface area contributed by atoms with E-state index in [0.29, 0.717) is 17.3 Å². The standard InChI is InChI=1S/C12H25Cl/c1-9(8-12(6,7)13)10(2)11(3,4)5/h9-10H,8H2,1-7H3. The number of halogens is 1. The maximum absolute atomic E-state index is 6.22. The lowest BCUT2D eigenvalue weighted by Gasteiger charge is -2.35. The molecule has 0 radical (unpaired) electrons. The first-order valence-electron chi connectivity index (χ1n) is 5.23. The molecular formula is C12H25Cl. The van der Waals surface area contributed by atoms with E-state index in [1.165, 1.54) is 0 Å². The fourth-order valence-corrected chi connectivity index (χ4v) is 2.04. The molecular weight excluding hydrogens is 180 g/mol. The number of rotatable bonds is 3. The van der Waals surface area contributed by atoms with E-state index >= 15 is 0 Å². The molecule has 0 fully saturated rings. The molecule has 0 bridgehead atoms. The van der Waals surface area contributed by atoms with Crippen LogP contribution < -0.4 is 0 Å². The van der Waals surface area contributed by atoms with E-state index in [4.69, 9.17) is 11.6 Å². The molecule has 0 aromatic heterocycles. The second-order valence-electron chi connectivity index (χ2n) is 6.05. The van der Waals surface area contributed by atoms with E-state index in [1.807, 2.05) is 0 Å². The van der Waals surface area contributed by atoms with Gasteiger partial charge in [-0.2, -0.15) is 0 Å². The summed E-state index contributed by atoms with van der Waals surface area (Å²) in [6, 6.07) is 0. The van der Waals surface area contributed by atoms with Crippen molar-refractivity contribution < 1.29 is 0 Å². The average Bonchev–Trinajstić information content (AvgIpc) is 1.79. The molecule has 0 heterocycles. The van der Waals surface area contributed by atoms with Crippen LogP contribution in [0.2, 0.25) is 0 Å². The average molecular weight is 205 g/mol. The highest BCUT2D eigenvalue weighted by Gasteiger charge is 2.28. The van der Waals surface area contributed by atoms with E-state index in [0.717, 1.165) is 6.42 Å². The second-order valence-corrected chi connectivity index (χ2v) is 7.08. The highest BCUT2D eigenvalue weighted by molar-refractivity contribution is 6.23. The molecule has 0 saturated heterocycles. The molecule has 1 heteroatoms. The van der Waals surface area contributed by atoms with Crippen LogP contribution in [0, 0.1) is 17.3 Å². The lowest BCUT2D eigenvalue weighted by Crippen LogP contribution is -2.28. The highest BCUT2D eigenvalue weighted by atomic mass is 35.5. The first-order valence-corrected chi connectivity index (χ1v) is 5.61. The zero-order chi connectivity index (χ0) is 10.9. The highest BCUT2D eigenvalue weighted by Crippen LogP contribution is 2.36. The smallest absolute Gasteiger partial charge is 0.0393 e. The Hall–Kier alpha value is 0.290. The first kappa shape index (κ1) is 13.3. The van der Waals surface area contributed by atoms with Gasteiger partial charge >= 0.3 is 0 Å². The largest absolute Gasteiger partial charge is 0.120 e. The topological polar surface area (TPSA) is 0 Å². The maximum Gasteiger partial charge on any atom is 0.0393 e. The molecule has 0 aliphatic rings. The summed E-state index contributed by atoms with van der Waals surface area (Å²) in [5.74, 6) is 1.40. The Balaban J connectivity index is 4.20. The maximum atomic E-state index is 6.22. The molecule has 0 saturated carbocycles. The van der Waals surface area contributed by atoms with Gasteiger partial charge in [-0.25, -0.2) is 0 Å². The van der Waals surface area contributed by atoms with E-state index in [9.17, 15) is 0 Å². The predicted molar refractivity (Wildman–Crippen MR) is 62.3 cm³/mol. The number of hydrogen-bond acceptors (Lipinski definition) is 0. The molecule has 13 heavy (non-hydrogen) atoms. The Labute approximate surface area is 89.1 Å². The normalized spacial score (nSPS) is 18.5. The summed E-state index contributed by atoms with van der Waals surface area (Å²) in [7, 11) is 0. The van der Waals surface area contributed by atoms with Crippen molar-refractivity contribution in [2.75, 3.05) is 0 Å². The van der Waals surface area contributed by atoms with E-state index in [-0.39, 0.29) is 4.87 Å². The van der Waals surface area contributed by atoms with Gasteiger partial charge in [0.05, 0.1) is 0 Å². The molecule has 2 atom stereocenters. The molecule has 0 aromatic carbocycles. The van der Waals surface area contributed by atoms with E-state index in [2.05, 4.69) is 48.5 Å². The van der Waals surface area contributed by atoms with E-state index in [1.54, 1.807) is 0 Å². The lowest BCUT2D eigenvalue weighted by atomic mass is 9.72. The van der Waals surface area contributed by atoms with Gasteiger partial charge in [-0.05, 0) is 37.5 Å². The minimum absolute atomic E-state index is 0.0566. The number of alkyl halides is 1. The van der Waals surface area contributed by atoms with Gasteiger partial charge in [-0.1, -0.05) is 34.6 Å². The molecule has 0 rings (SSSR count). The molecule has 0 aliphatic heterocycles. The van der Waals surface area contributed by atoms with Crippen molar-refractivity contribution in [1.82, 2.24) is 0 Å². The van der Waals surface area contributed by atoms with Crippen LogP contribution in [0.5, 0.6) is 0 Å². The third-order valence-electron chi connectivity index (χ3n) is 3.03. The van der Waals surface area contributed by atoms with E-state index < -0.39 is 0 Å². The van der Waals surface area contributed by atoms with Crippen LogP contribution in [0.4, 0.5) is 0 Å². The molecule has 80 valence electrons. The van der Waals surface area contributed by atoms with Gasteiger partial charge in [0.1, 0.15) is 0 Å². The summed E-state index contributed by atoms with van der Waals surface area (Å²) in [6.07, 6.45) is 1.09. The van der Waals surface area contributed by atoms with Crippen LogP contribution in [0.15, 0.2) is 0 Å². The Bertz CT molecular complexity index is 147. The van der Waals surface area contributed by atoms with Crippen molar-refractivity contribution in [3.63, 3.8) is 0 Å². The Kier molecular flexibility index (Phi) is 4.30. The third kappa shape index (κ3) is 5.57. The Morgan fingerprint density at radius 2 is 1.38 bits per heavy atom. The van der Waals surface area contributed by atoms with Gasteiger partial charge in [0.25, 0.3) is 0 Å². The zero-order valence-electron chi connectivity index (χ0n) is 10.2. The SMILES string of the molecule is CC(CC(C)(C)Cl)C(C)C(C)(C)C. The number of hydrogen-bond donors (Lipinski definition) is 0. The molecule has 0 N–H and O–H groups in total. The quantitative estimate of drug-likeness (QED) is 0.584. The van der Waals surface area contributed by atoms with Crippen molar-refractivity contribution in [3.8, 4) is 0 Å². The third-order valence-corrected chi connectivity index (χ3v) is 3.18. The minimum Gasteiger partial charge on any atom is -0.120 e. The van der Waals surface area contributed by atoms with Crippen molar-refractivity contribution >= 4 is 11.6 Å². The summed E-state index contributed by atoms with van der Waals surface area (Å²) in [6.45, 7) is 15.7. The molecule has 2 unspecified atom stereocenters. The molecule has 0 aromatic rings. The lowest BCUT2D eigenvalue weighted by molar-refractivity contribution is 0.172. The summed E-state index contributed by atoms with van der Waals surface area (Å²) in [5.41, 5.74) is 0.390. The summed E-state index contributed by atoms with van der Waals surface area (Å²) in [4.78, 5) is -0.0566. The van der Waals surface area contributed by atoms with Gasteiger partial charge in [-0.15, -0.1) is 11.6 Å². The van der Waals surface area contributed by atoms with Crippen LogP contribution >= 0.6 is 11.6 Å². The fourth-order valence-electron chi connectivity index (χ4n) is 1.80. The van der Waals surface area contributed by atoms with Gasteiger partial charge < -0.3 is 0 Å². The fraction of sp³-hybridized carbons (Fsp3) is 1.00. The monoisotopic (exact) mass is 204 g/mol. The summed E-state index contributed by atoms with van der Waals surface area (Å²) >= 11 is 6.22. The van der Waals surface area contributed by atoms with Crippen LogP contribution in [-0.2, 0) is 0 Å². The Morgan fingerprint density at radius 1 is 1.00 bits per heavy atom. The first-order chi connectivity index (χ1) is 5.54. The summed E-state index contributed by atoms with van der Waals surface area (Å²) in [5, 5.41) is 0. The van der Waals surface area contributed by atoms with Gasteiger partial charge in [0.2, 0.25) is 0 Å². The molecule has 0 aliphatic carbocycles. The van der Waals surface area contributed by atoms with Crippen LogP contribution in [0.25, 0.3) is 0 Å². The summed E-state index contributed by atoms with van der Waals surface area (Å²) < 4.78 is 0. The van der Waals surface area contributed by atoms with Crippen LogP contribution in [0.3, 0.4) is 0 Å². The van der Waals surface area contributed by atoms with Crippen molar-refractivity contribution in [3.05, 3.63) is 0 Å².